The molecule has 0 bridgehead atoms. The molecule has 0 heterocycles. The SMILES string of the molecule is COc1cc(/C=C/C(=O)OC[C@H](Cc2ccc(O)c(OC)c2)[C@H](COC(=O)/C=C/c2ccc(O)c(OC)c2)Cc2ccc(O)c(OC)c2)ccc1O. The fourth-order valence-corrected chi connectivity index (χ4v) is 5.43. The number of carbonyl (C=O) groups excluding carboxylic acids is 2. The summed E-state index contributed by atoms with van der Waals surface area (Å²) in [6, 6.07) is 19.1. The number of phenols is 4. The number of carbonyl (C=O) groups is 2. The van der Waals surface area contributed by atoms with Crippen LogP contribution in [0.5, 0.6) is 46.0 Å². The van der Waals surface area contributed by atoms with E-state index in [1.165, 1.54) is 77.0 Å². The van der Waals surface area contributed by atoms with E-state index in [1.54, 1.807) is 48.5 Å². The Kier molecular flexibility index (Phi) is 13.8. The van der Waals surface area contributed by atoms with E-state index >= 15 is 0 Å². The molecule has 12 nitrogen and oxygen atoms in total. The van der Waals surface area contributed by atoms with Crippen molar-refractivity contribution in [3.05, 3.63) is 107 Å². The fourth-order valence-electron chi connectivity index (χ4n) is 5.43. The van der Waals surface area contributed by atoms with Crippen LogP contribution in [0.4, 0.5) is 0 Å². The minimum Gasteiger partial charge on any atom is -0.504 e. The summed E-state index contributed by atoms with van der Waals surface area (Å²) >= 11 is 0. The molecule has 4 aromatic carbocycles. The van der Waals surface area contributed by atoms with E-state index in [-0.39, 0.29) is 59.2 Å². The van der Waals surface area contributed by atoms with Crippen LogP contribution in [0.3, 0.4) is 0 Å². The van der Waals surface area contributed by atoms with Gasteiger partial charge in [-0.15, -0.1) is 0 Å². The van der Waals surface area contributed by atoms with Crippen LogP contribution in [-0.4, -0.2) is 74.0 Å². The highest BCUT2D eigenvalue weighted by molar-refractivity contribution is 5.87. The minimum atomic E-state index is -0.630. The molecule has 0 aromatic heterocycles. The summed E-state index contributed by atoms with van der Waals surface area (Å²) in [4.78, 5) is 26.0. The first-order valence-electron chi connectivity index (χ1n) is 16.2. The Hall–Kier alpha value is -6.30. The number of ether oxygens (including phenoxy) is 6. The molecule has 52 heavy (non-hydrogen) atoms. The second kappa shape index (κ2) is 18.6. The van der Waals surface area contributed by atoms with Crippen molar-refractivity contribution < 1.29 is 58.4 Å². The number of hydrogen-bond donors (Lipinski definition) is 4. The summed E-state index contributed by atoms with van der Waals surface area (Å²) in [5.41, 5.74) is 2.74. The molecule has 0 amide bonds. The Bertz CT molecular complexity index is 1760. The maximum atomic E-state index is 13.0. The standard InChI is InChI=1S/C40H42O12/c1-47-35-19-25(5-11-31(35)41)9-15-39(45)51-23-29(17-27-7-13-33(43)37(21-27)49-3)30(18-28-8-14-34(44)38(22-28)50-4)24-52-40(46)16-10-26-6-12-32(42)36(20-26)48-2/h5-16,19-22,29-30,41-44H,17-18,23-24H2,1-4H3/b15-9+,16-10+/t29-,30-/m0/s1. The zero-order valence-electron chi connectivity index (χ0n) is 29.3. The lowest BCUT2D eigenvalue weighted by Crippen LogP contribution is -2.30. The lowest BCUT2D eigenvalue weighted by molar-refractivity contribution is -0.143. The molecule has 4 rings (SSSR count). The van der Waals surface area contributed by atoms with Crippen LogP contribution in [0.15, 0.2) is 84.9 Å². The highest BCUT2D eigenvalue weighted by atomic mass is 16.5. The van der Waals surface area contributed by atoms with Gasteiger partial charge in [0.15, 0.2) is 46.0 Å². The van der Waals surface area contributed by atoms with Crippen LogP contribution in [-0.2, 0) is 31.9 Å². The van der Waals surface area contributed by atoms with E-state index in [0.717, 1.165) is 11.1 Å². The number of rotatable bonds is 17. The van der Waals surface area contributed by atoms with Gasteiger partial charge in [0.05, 0.1) is 41.7 Å². The predicted molar refractivity (Wildman–Crippen MR) is 193 cm³/mol. The van der Waals surface area contributed by atoms with E-state index in [1.807, 2.05) is 0 Å². The average Bonchev–Trinajstić information content (AvgIpc) is 3.15. The molecule has 0 saturated carbocycles. The van der Waals surface area contributed by atoms with Gasteiger partial charge < -0.3 is 48.8 Å². The molecule has 4 aromatic rings. The Morgan fingerprint density at radius 1 is 0.519 bits per heavy atom. The summed E-state index contributed by atoms with van der Waals surface area (Å²) in [6.07, 6.45) is 6.25. The Morgan fingerprint density at radius 2 is 0.846 bits per heavy atom. The Labute approximate surface area is 301 Å². The fraction of sp³-hybridized carbons (Fsp3) is 0.250. The molecule has 0 radical (unpaired) electrons. The first-order valence-corrected chi connectivity index (χ1v) is 16.2. The summed E-state index contributed by atoms with van der Waals surface area (Å²) in [7, 11) is 5.73. The van der Waals surface area contributed by atoms with Crippen molar-refractivity contribution in [2.24, 2.45) is 11.8 Å². The largest absolute Gasteiger partial charge is 0.504 e. The summed E-state index contributed by atoms with van der Waals surface area (Å²) in [6.45, 7) is -0.155. The molecule has 274 valence electrons. The quantitative estimate of drug-likeness (QED) is 0.0736. The van der Waals surface area contributed by atoms with Gasteiger partial charge in [-0.3, -0.25) is 0 Å². The van der Waals surface area contributed by atoms with Crippen LogP contribution in [0.2, 0.25) is 0 Å². The molecule has 0 fully saturated rings. The van der Waals surface area contributed by atoms with Crippen molar-refractivity contribution in [2.75, 3.05) is 41.7 Å². The zero-order valence-corrected chi connectivity index (χ0v) is 29.3. The molecule has 0 spiro atoms. The summed E-state index contributed by atoms with van der Waals surface area (Å²) in [5, 5.41) is 40.2. The van der Waals surface area contributed by atoms with E-state index in [9.17, 15) is 30.0 Å². The van der Waals surface area contributed by atoms with Crippen molar-refractivity contribution in [1.82, 2.24) is 0 Å². The van der Waals surface area contributed by atoms with Crippen LogP contribution < -0.4 is 18.9 Å². The molecule has 2 atom stereocenters. The molecular formula is C40H42O12. The first kappa shape index (κ1) is 38.5. The molecule has 4 N–H and O–H groups in total. The number of hydrogen-bond acceptors (Lipinski definition) is 12. The number of esters is 2. The highest BCUT2D eigenvalue weighted by Crippen LogP contribution is 2.33. The van der Waals surface area contributed by atoms with Gasteiger partial charge in [0, 0.05) is 24.0 Å². The average molecular weight is 715 g/mol. The molecule has 0 unspecified atom stereocenters. The van der Waals surface area contributed by atoms with Crippen LogP contribution in [0.1, 0.15) is 22.3 Å². The zero-order chi connectivity index (χ0) is 37.6. The van der Waals surface area contributed by atoms with Crippen molar-refractivity contribution >= 4 is 24.1 Å². The molecular weight excluding hydrogens is 672 g/mol. The number of phenolic OH excluding ortho intramolecular Hbond substituents is 4. The summed E-state index contributed by atoms with van der Waals surface area (Å²) in [5.74, 6) is -1.24. The highest BCUT2D eigenvalue weighted by Gasteiger charge is 2.26. The number of methoxy groups -OCH3 is 4. The maximum absolute atomic E-state index is 13.0. The normalized spacial score (nSPS) is 12.3. The van der Waals surface area contributed by atoms with Crippen molar-refractivity contribution in [3.8, 4) is 46.0 Å². The maximum Gasteiger partial charge on any atom is 0.330 e. The predicted octanol–water partition coefficient (Wildman–Crippen LogP) is 6.07. The number of benzene rings is 4. The molecule has 0 aliphatic carbocycles. The van der Waals surface area contributed by atoms with E-state index in [0.29, 0.717) is 24.0 Å². The van der Waals surface area contributed by atoms with Gasteiger partial charge in [-0.25, -0.2) is 9.59 Å². The smallest absolute Gasteiger partial charge is 0.330 e. The van der Waals surface area contributed by atoms with Gasteiger partial charge >= 0.3 is 11.9 Å². The second-order valence-electron chi connectivity index (χ2n) is 11.7. The van der Waals surface area contributed by atoms with Crippen molar-refractivity contribution in [1.29, 1.82) is 0 Å². The summed E-state index contributed by atoms with van der Waals surface area (Å²) < 4.78 is 32.4. The van der Waals surface area contributed by atoms with Crippen LogP contribution >= 0.6 is 0 Å². The molecule has 0 aliphatic rings. The van der Waals surface area contributed by atoms with E-state index in [2.05, 4.69) is 0 Å². The lowest BCUT2D eigenvalue weighted by Gasteiger charge is -2.27. The van der Waals surface area contributed by atoms with Crippen molar-refractivity contribution in [2.45, 2.75) is 12.8 Å². The lowest BCUT2D eigenvalue weighted by atomic mass is 9.83. The van der Waals surface area contributed by atoms with Gasteiger partial charge in [0.25, 0.3) is 0 Å². The van der Waals surface area contributed by atoms with E-state index < -0.39 is 23.8 Å². The van der Waals surface area contributed by atoms with Gasteiger partial charge in [0.1, 0.15) is 0 Å². The van der Waals surface area contributed by atoms with Gasteiger partial charge in [-0.1, -0.05) is 24.3 Å². The monoisotopic (exact) mass is 714 g/mol. The van der Waals surface area contributed by atoms with Gasteiger partial charge in [-0.05, 0) is 95.8 Å². The van der Waals surface area contributed by atoms with Crippen LogP contribution in [0, 0.1) is 11.8 Å². The molecule has 12 heteroatoms. The second-order valence-corrected chi connectivity index (χ2v) is 11.7. The molecule has 0 saturated heterocycles. The van der Waals surface area contributed by atoms with E-state index in [4.69, 9.17) is 28.4 Å². The third-order valence-electron chi connectivity index (χ3n) is 8.26. The van der Waals surface area contributed by atoms with Gasteiger partial charge in [0.2, 0.25) is 0 Å². The van der Waals surface area contributed by atoms with Crippen LogP contribution in [0.25, 0.3) is 12.2 Å². The molecule has 0 aliphatic heterocycles. The first-order chi connectivity index (χ1) is 25.0. The number of aromatic hydroxyl groups is 4. The third kappa shape index (κ3) is 10.8. The third-order valence-corrected chi connectivity index (χ3v) is 8.26. The minimum absolute atomic E-state index is 0.0370. The Morgan fingerprint density at radius 3 is 1.19 bits per heavy atom. The van der Waals surface area contributed by atoms with Crippen molar-refractivity contribution in [3.63, 3.8) is 0 Å². The van der Waals surface area contributed by atoms with Gasteiger partial charge in [-0.2, -0.15) is 0 Å². The topological polar surface area (TPSA) is 170 Å². The Balaban J connectivity index is 1.61.